The number of hydrogen-bond donors (Lipinski definition) is 0. The Bertz CT molecular complexity index is 1310. The quantitative estimate of drug-likeness (QED) is 0.280. The van der Waals surface area contributed by atoms with E-state index in [1.165, 1.54) is 24.3 Å². The first-order chi connectivity index (χ1) is 15.8. The summed E-state index contributed by atoms with van der Waals surface area (Å²) in [5.74, 6) is -2.03. The zero-order valence-corrected chi connectivity index (χ0v) is 21.3. The van der Waals surface area contributed by atoms with Gasteiger partial charge in [-0.1, -0.05) is 0 Å². The molecule has 0 fully saturated rings. The zero-order chi connectivity index (χ0) is 25.3. The second-order valence-corrected chi connectivity index (χ2v) is 9.35. The van der Waals surface area contributed by atoms with Crippen LogP contribution in [0.5, 0.6) is 0 Å². The average Bonchev–Trinajstić information content (AvgIpc) is 3.27. The first kappa shape index (κ1) is 28.5. The second kappa shape index (κ2) is 10.9. The molecule has 176 valence electrons. The Kier molecular flexibility index (Phi) is 8.89. The van der Waals surface area contributed by atoms with Crippen molar-refractivity contribution in [1.82, 2.24) is 0 Å². The van der Waals surface area contributed by atoms with Crippen LogP contribution in [0.4, 0.5) is 11.4 Å². The molecule has 0 aromatic heterocycles. The van der Waals surface area contributed by atoms with Crippen LogP contribution in [-0.2, 0) is 39.4 Å². The number of anilines is 2. The molecule has 0 bridgehead atoms. The molecule has 0 N–H and O–H groups in total. The van der Waals surface area contributed by atoms with Gasteiger partial charge in [-0.15, -0.1) is 0 Å². The van der Waals surface area contributed by atoms with E-state index in [1.807, 2.05) is 0 Å². The van der Waals surface area contributed by atoms with Crippen LogP contribution in [0.15, 0.2) is 82.6 Å². The monoisotopic (exact) mass is 544 g/mol. The van der Waals surface area contributed by atoms with E-state index in [0.29, 0.717) is 0 Å². The van der Waals surface area contributed by atoms with Gasteiger partial charge in [-0.25, -0.2) is 26.6 Å². The number of amides is 4. The third-order valence-electron chi connectivity index (χ3n) is 4.39. The second-order valence-electron chi connectivity index (χ2n) is 6.59. The molecule has 4 amide bonds. The van der Waals surface area contributed by atoms with E-state index in [-0.39, 0.29) is 49.1 Å². The topological polar surface area (TPSA) is 189 Å². The van der Waals surface area contributed by atoms with E-state index in [4.69, 9.17) is 0 Å². The van der Waals surface area contributed by atoms with Crippen LogP contribution in [0.3, 0.4) is 0 Å². The molecule has 2 aromatic carbocycles. The van der Waals surface area contributed by atoms with E-state index in [1.54, 1.807) is 0 Å². The minimum atomic E-state index is -4.52. The van der Waals surface area contributed by atoms with Crippen LogP contribution in [0.2, 0.25) is 0 Å². The first-order valence-electron chi connectivity index (χ1n) is 9.03. The maximum atomic E-state index is 11.3. The molecule has 15 heteroatoms. The summed E-state index contributed by atoms with van der Waals surface area (Å²) in [5, 5.41) is 0. The number of benzene rings is 2. The van der Waals surface area contributed by atoms with E-state index < -0.39 is 53.7 Å². The molecule has 0 radical (unpaired) electrons. The molecular formula is C20H12CaN2O10S2. The van der Waals surface area contributed by atoms with Crippen molar-refractivity contribution in [3.8, 4) is 0 Å². The van der Waals surface area contributed by atoms with Crippen molar-refractivity contribution in [2.75, 3.05) is 9.80 Å². The first-order valence-corrected chi connectivity index (χ1v) is 11.8. The van der Waals surface area contributed by atoms with E-state index in [2.05, 4.69) is 0 Å². The Morgan fingerprint density at radius 2 is 0.714 bits per heavy atom. The minimum Gasteiger partial charge on any atom is -0.744 e. The fourth-order valence-electron chi connectivity index (χ4n) is 2.83. The molecular weight excluding hydrogens is 532 g/mol. The summed E-state index contributed by atoms with van der Waals surface area (Å²) in [6, 6.07) is 9.13. The zero-order valence-electron chi connectivity index (χ0n) is 17.4. The van der Waals surface area contributed by atoms with Gasteiger partial charge in [-0.05, 0) is 48.5 Å². The number of carbonyl (C=O) groups is 4. The van der Waals surface area contributed by atoms with E-state index in [0.717, 1.165) is 58.4 Å². The van der Waals surface area contributed by atoms with Gasteiger partial charge < -0.3 is 9.11 Å². The molecule has 12 nitrogen and oxygen atoms in total. The Morgan fingerprint density at radius 3 is 0.914 bits per heavy atom. The van der Waals surface area contributed by atoms with Crippen LogP contribution in [0.1, 0.15) is 0 Å². The maximum absolute atomic E-state index is 11.3. The molecule has 0 saturated carbocycles. The SMILES string of the molecule is O=C1C=CC(=O)N1c1ccc(S(=O)(=O)[O-])cc1.O=C1C=CC(=O)N1c1ccc(S(=O)(=O)[O-])cc1.[Ca+2]. The van der Waals surface area contributed by atoms with Crippen LogP contribution < -0.4 is 9.80 Å². The van der Waals surface area contributed by atoms with Crippen molar-refractivity contribution in [3.63, 3.8) is 0 Å². The molecule has 0 spiro atoms. The summed E-state index contributed by atoms with van der Waals surface area (Å²) in [7, 11) is -9.05. The van der Waals surface area contributed by atoms with Gasteiger partial charge in [-0.2, -0.15) is 0 Å². The third kappa shape index (κ3) is 6.70. The molecule has 0 aliphatic carbocycles. The fraction of sp³-hybridized carbons (Fsp3) is 0. The minimum absolute atomic E-state index is 0. The number of carbonyl (C=O) groups excluding carboxylic acids is 4. The van der Waals surface area contributed by atoms with Gasteiger partial charge >= 0.3 is 37.7 Å². The Hall–Kier alpha value is -2.72. The van der Waals surface area contributed by atoms with Gasteiger partial charge in [0, 0.05) is 24.3 Å². The molecule has 4 rings (SSSR count). The van der Waals surface area contributed by atoms with Crippen molar-refractivity contribution < 1.29 is 45.1 Å². The molecule has 0 unspecified atom stereocenters. The Morgan fingerprint density at radius 1 is 0.486 bits per heavy atom. The summed E-state index contributed by atoms with van der Waals surface area (Å²) in [6.07, 6.45) is 4.45. The molecule has 0 atom stereocenters. The van der Waals surface area contributed by atoms with Crippen molar-refractivity contribution in [2.24, 2.45) is 0 Å². The van der Waals surface area contributed by atoms with Crippen LogP contribution in [0, 0.1) is 0 Å². The summed E-state index contributed by atoms with van der Waals surface area (Å²) < 4.78 is 64.1. The number of nitrogens with zero attached hydrogens (tertiary/aromatic N) is 2. The molecule has 2 aromatic rings. The largest absolute Gasteiger partial charge is 2.00 e. The van der Waals surface area contributed by atoms with Crippen LogP contribution in [0.25, 0.3) is 0 Å². The van der Waals surface area contributed by atoms with Gasteiger partial charge in [0.1, 0.15) is 20.2 Å². The van der Waals surface area contributed by atoms with E-state index in [9.17, 15) is 45.1 Å². The number of hydrogen-bond acceptors (Lipinski definition) is 10. The smallest absolute Gasteiger partial charge is 0.744 e. The molecule has 0 saturated heterocycles. The molecule has 35 heavy (non-hydrogen) atoms. The summed E-state index contributed by atoms with van der Waals surface area (Å²) in [6.45, 7) is 0. The number of rotatable bonds is 4. The maximum Gasteiger partial charge on any atom is 2.00 e. The van der Waals surface area contributed by atoms with Crippen molar-refractivity contribution in [1.29, 1.82) is 0 Å². The predicted octanol–water partition coefficient (Wildman–Crippen LogP) is -0.341. The predicted molar refractivity (Wildman–Crippen MR) is 118 cm³/mol. The van der Waals surface area contributed by atoms with Crippen molar-refractivity contribution >= 4 is 93.0 Å². The Balaban J connectivity index is 0.000000240. The van der Waals surface area contributed by atoms with Crippen molar-refractivity contribution in [3.05, 3.63) is 72.8 Å². The van der Waals surface area contributed by atoms with Crippen molar-refractivity contribution in [2.45, 2.75) is 9.79 Å². The summed E-state index contributed by atoms with van der Waals surface area (Å²) >= 11 is 0. The summed E-state index contributed by atoms with van der Waals surface area (Å²) in [5.41, 5.74) is 0.440. The normalized spacial score (nSPS) is 15.3. The van der Waals surface area contributed by atoms with Gasteiger partial charge in [0.25, 0.3) is 23.6 Å². The van der Waals surface area contributed by atoms with Crippen LogP contribution >= 0.6 is 0 Å². The third-order valence-corrected chi connectivity index (χ3v) is 6.08. The van der Waals surface area contributed by atoms with E-state index >= 15 is 0 Å². The number of imide groups is 2. The van der Waals surface area contributed by atoms with Crippen LogP contribution in [-0.4, -0.2) is 87.3 Å². The standard InChI is InChI=1S/2C10H7NO5S.Ca/c2*12-9-5-6-10(13)11(9)7-1-3-8(4-2-7)17(14,15)16;/h2*1-6H,(H,14,15,16);/q;;+2/p-2. The average molecular weight is 545 g/mol. The fourth-order valence-corrected chi connectivity index (χ4v) is 3.77. The van der Waals surface area contributed by atoms with Gasteiger partial charge in [0.2, 0.25) is 0 Å². The molecule has 2 aliphatic heterocycles. The summed E-state index contributed by atoms with van der Waals surface area (Å²) in [4.78, 5) is 46.2. The molecule has 2 aliphatic rings. The molecule has 2 heterocycles. The van der Waals surface area contributed by atoms with Gasteiger partial charge in [-0.3, -0.25) is 19.2 Å². The Labute approximate surface area is 229 Å². The van der Waals surface area contributed by atoms with Gasteiger partial charge in [0.15, 0.2) is 0 Å². The van der Waals surface area contributed by atoms with Gasteiger partial charge in [0.05, 0.1) is 21.2 Å².